The summed E-state index contributed by atoms with van der Waals surface area (Å²) >= 11 is 1.50. The van der Waals surface area contributed by atoms with E-state index in [1.165, 1.54) is 11.3 Å². The normalized spacial score (nSPS) is 18.3. The molecular formula is C18H26N2O3S. The Morgan fingerprint density at radius 1 is 1.38 bits per heavy atom. The van der Waals surface area contributed by atoms with Crippen molar-refractivity contribution in [3.05, 3.63) is 33.7 Å². The second-order valence-electron chi connectivity index (χ2n) is 6.22. The van der Waals surface area contributed by atoms with Crippen LogP contribution >= 0.6 is 11.3 Å². The van der Waals surface area contributed by atoms with Crippen LogP contribution in [-0.4, -0.2) is 52.8 Å². The lowest BCUT2D eigenvalue weighted by Gasteiger charge is -2.28. The number of carbonyl (C=O) groups excluding carboxylic acids is 2. The largest absolute Gasteiger partial charge is 0.503 e. The van der Waals surface area contributed by atoms with Crippen molar-refractivity contribution < 1.29 is 14.7 Å². The maximum absolute atomic E-state index is 12.6. The zero-order valence-electron chi connectivity index (χ0n) is 14.8. The molecule has 24 heavy (non-hydrogen) atoms. The highest BCUT2D eigenvalue weighted by atomic mass is 32.1. The maximum Gasteiger partial charge on any atom is 0.290 e. The number of hydrogen-bond donors (Lipinski definition) is 1. The second-order valence-corrected chi connectivity index (χ2v) is 7.20. The lowest BCUT2D eigenvalue weighted by Crippen LogP contribution is -2.38. The number of nitrogens with zero attached hydrogens (tertiary/aromatic N) is 2. The minimum absolute atomic E-state index is 0.162. The van der Waals surface area contributed by atoms with E-state index in [0.717, 1.165) is 24.5 Å². The van der Waals surface area contributed by atoms with Crippen molar-refractivity contribution in [2.45, 2.75) is 33.7 Å². The molecule has 6 heteroatoms. The molecule has 1 amide bonds. The SMILES string of the molecule is CCN(CC)CCN1C(=O)C(O)=C(C(=O)C(C)C)C1c1cccs1. The molecule has 0 saturated heterocycles. The van der Waals surface area contributed by atoms with Crippen LogP contribution in [0.2, 0.25) is 0 Å². The Morgan fingerprint density at radius 2 is 2.04 bits per heavy atom. The van der Waals surface area contributed by atoms with Gasteiger partial charge in [-0.05, 0) is 24.5 Å². The van der Waals surface area contributed by atoms with Crippen LogP contribution in [0.3, 0.4) is 0 Å². The highest BCUT2D eigenvalue weighted by Gasteiger charge is 2.44. The molecular weight excluding hydrogens is 324 g/mol. The predicted octanol–water partition coefficient (Wildman–Crippen LogP) is 3.01. The van der Waals surface area contributed by atoms with Crippen LogP contribution in [0.4, 0.5) is 0 Å². The van der Waals surface area contributed by atoms with E-state index in [-0.39, 0.29) is 23.0 Å². The Bertz CT molecular complexity index is 618. The van der Waals surface area contributed by atoms with E-state index in [0.29, 0.717) is 6.54 Å². The van der Waals surface area contributed by atoms with Crippen molar-refractivity contribution in [3.63, 3.8) is 0 Å². The van der Waals surface area contributed by atoms with Gasteiger partial charge in [0.2, 0.25) is 0 Å². The Kier molecular flexibility index (Phi) is 6.18. The number of aliphatic hydroxyl groups is 1. The predicted molar refractivity (Wildman–Crippen MR) is 96.1 cm³/mol. The standard InChI is InChI=1S/C18H26N2O3S/c1-5-19(6-2)9-10-20-15(13-8-7-11-24-13)14(16(21)12(3)4)17(22)18(20)23/h7-8,11-12,15,22H,5-6,9-10H2,1-4H3. The van der Waals surface area contributed by atoms with E-state index < -0.39 is 11.9 Å². The van der Waals surface area contributed by atoms with E-state index >= 15 is 0 Å². The molecule has 1 unspecified atom stereocenters. The van der Waals surface area contributed by atoms with E-state index in [1.807, 2.05) is 17.5 Å². The summed E-state index contributed by atoms with van der Waals surface area (Å²) < 4.78 is 0. The summed E-state index contributed by atoms with van der Waals surface area (Å²) in [6.07, 6.45) is 0. The van der Waals surface area contributed by atoms with Crippen LogP contribution in [0, 0.1) is 5.92 Å². The topological polar surface area (TPSA) is 60.9 Å². The van der Waals surface area contributed by atoms with Crippen molar-refractivity contribution in [2.75, 3.05) is 26.2 Å². The first kappa shape index (κ1) is 18.7. The molecule has 1 aliphatic rings. The summed E-state index contributed by atoms with van der Waals surface area (Å²) in [5, 5.41) is 12.3. The summed E-state index contributed by atoms with van der Waals surface area (Å²) in [5.41, 5.74) is 0.247. The maximum atomic E-state index is 12.6. The number of amides is 1. The third-order valence-corrected chi connectivity index (χ3v) is 5.38. The van der Waals surface area contributed by atoms with Gasteiger partial charge in [-0.15, -0.1) is 11.3 Å². The summed E-state index contributed by atoms with van der Waals surface area (Å²) in [6, 6.07) is 3.35. The highest BCUT2D eigenvalue weighted by Crippen LogP contribution is 2.40. The van der Waals surface area contributed by atoms with E-state index in [2.05, 4.69) is 18.7 Å². The van der Waals surface area contributed by atoms with Crippen LogP contribution in [0.1, 0.15) is 38.6 Å². The van der Waals surface area contributed by atoms with E-state index in [1.54, 1.807) is 18.7 Å². The summed E-state index contributed by atoms with van der Waals surface area (Å²) in [4.78, 5) is 30.0. The van der Waals surface area contributed by atoms with Gasteiger partial charge in [0.15, 0.2) is 11.5 Å². The average Bonchev–Trinajstić information content (AvgIpc) is 3.16. The minimum Gasteiger partial charge on any atom is -0.503 e. The minimum atomic E-state index is -0.469. The molecule has 0 saturated carbocycles. The Labute approximate surface area is 147 Å². The lowest BCUT2D eigenvalue weighted by molar-refractivity contribution is -0.129. The molecule has 0 aromatic carbocycles. The van der Waals surface area contributed by atoms with E-state index in [4.69, 9.17) is 0 Å². The molecule has 1 N–H and O–H groups in total. The van der Waals surface area contributed by atoms with Gasteiger partial charge in [0.1, 0.15) is 0 Å². The number of ketones is 1. The molecule has 0 aliphatic carbocycles. The Hall–Kier alpha value is -1.66. The van der Waals surface area contributed by atoms with E-state index in [9.17, 15) is 14.7 Å². The number of carbonyl (C=O) groups is 2. The van der Waals surface area contributed by atoms with Crippen LogP contribution in [0.5, 0.6) is 0 Å². The highest BCUT2D eigenvalue weighted by molar-refractivity contribution is 7.10. The number of thiophene rings is 1. The van der Waals surface area contributed by atoms with Crippen LogP contribution in [0.15, 0.2) is 28.8 Å². The second kappa shape index (κ2) is 7.94. The van der Waals surface area contributed by atoms with Crippen LogP contribution < -0.4 is 0 Å². The van der Waals surface area contributed by atoms with Gasteiger partial charge in [-0.1, -0.05) is 33.8 Å². The van der Waals surface area contributed by atoms with Crippen LogP contribution in [0.25, 0.3) is 0 Å². The fourth-order valence-electron chi connectivity index (χ4n) is 2.98. The number of hydrogen-bond acceptors (Lipinski definition) is 5. The van der Waals surface area contributed by atoms with Gasteiger partial charge in [0.25, 0.3) is 5.91 Å². The molecule has 2 heterocycles. The van der Waals surface area contributed by atoms with Crippen molar-refractivity contribution >= 4 is 23.0 Å². The first-order valence-corrected chi connectivity index (χ1v) is 9.34. The third-order valence-electron chi connectivity index (χ3n) is 4.46. The fourth-order valence-corrected chi connectivity index (χ4v) is 3.82. The number of likely N-dealkylation sites (N-methyl/N-ethyl adjacent to an activating group) is 1. The quantitative estimate of drug-likeness (QED) is 0.783. The molecule has 0 fully saturated rings. The molecule has 132 valence electrons. The zero-order chi connectivity index (χ0) is 17.9. The number of rotatable bonds is 8. The molecule has 0 bridgehead atoms. The van der Waals surface area contributed by atoms with Crippen molar-refractivity contribution in [3.8, 4) is 0 Å². The number of Topliss-reactive ketones (excluding diaryl/α,β-unsaturated/α-hetero) is 1. The van der Waals surface area contributed by atoms with Crippen LogP contribution in [-0.2, 0) is 9.59 Å². The molecule has 2 rings (SSSR count). The van der Waals surface area contributed by atoms with Gasteiger partial charge in [-0.3, -0.25) is 9.59 Å². The first-order chi connectivity index (χ1) is 11.4. The van der Waals surface area contributed by atoms with Gasteiger partial charge < -0.3 is 14.9 Å². The molecule has 5 nitrogen and oxygen atoms in total. The third kappa shape index (κ3) is 3.54. The van der Waals surface area contributed by atoms with Crippen molar-refractivity contribution in [2.24, 2.45) is 5.92 Å². The van der Waals surface area contributed by atoms with Gasteiger partial charge >= 0.3 is 0 Å². The smallest absolute Gasteiger partial charge is 0.290 e. The summed E-state index contributed by atoms with van der Waals surface area (Å²) in [6.45, 7) is 10.7. The van der Waals surface area contributed by atoms with Gasteiger partial charge in [0.05, 0.1) is 11.6 Å². The summed E-state index contributed by atoms with van der Waals surface area (Å²) in [5.74, 6) is -1.25. The Morgan fingerprint density at radius 3 is 2.54 bits per heavy atom. The summed E-state index contributed by atoms with van der Waals surface area (Å²) in [7, 11) is 0. The van der Waals surface area contributed by atoms with Gasteiger partial charge in [-0.2, -0.15) is 0 Å². The van der Waals surface area contributed by atoms with Gasteiger partial charge in [0, 0.05) is 23.9 Å². The average molecular weight is 350 g/mol. The molecule has 1 aromatic rings. The molecule has 1 aromatic heterocycles. The molecule has 0 radical (unpaired) electrons. The number of aliphatic hydroxyl groups excluding tert-OH is 1. The van der Waals surface area contributed by atoms with Gasteiger partial charge in [-0.25, -0.2) is 0 Å². The lowest BCUT2D eigenvalue weighted by atomic mass is 9.95. The molecule has 1 aliphatic heterocycles. The molecule has 0 spiro atoms. The zero-order valence-corrected chi connectivity index (χ0v) is 15.6. The monoisotopic (exact) mass is 350 g/mol. The fraction of sp³-hybridized carbons (Fsp3) is 0.556. The Balaban J connectivity index is 2.34. The van der Waals surface area contributed by atoms with Crippen molar-refractivity contribution in [1.29, 1.82) is 0 Å². The molecule has 1 atom stereocenters. The first-order valence-electron chi connectivity index (χ1n) is 8.46. The van der Waals surface area contributed by atoms with Crippen molar-refractivity contribution in [1.82, 2.24) is 9.80 Å².